The van der Waals surface area contributed by atoms with E-state index >= 15 is 0 Å². The highest BCUT2D eigenvalue weighted by atomic mass is 16.3. The molecule has 0 bridgehead atoms. The monoisotopic (exact) mass is 365 g/mol. The summed E-state index contributed by atoms with van der Waals surface area (Å²) in [5.41, 5.74) is -1.36. The maximum atomic E-state index is 13.0. The molecule has 0 aromatic carbocycles. The fourth-order valence-corrected chi connectivity index (χ4v) is 4.93. The van der Waals surface area contributed by atoms with E-state index in [0.717, 1.165) is 37.0 Å². The van der Waals surface area contributed by atoms with Gasteiger partial charge in [0, 0.05) is 6.54 Å². The summed E-state index contributed by atoms with van der Waals surface area (Å²) in [5, 5.41) is 12.7. The summed E-state index contributed by atoms with van der Waals surface area (Å²) in [6.45, 7) is 4.36. The predicted octanol–water partition coefficient (Wildman–Crippen LogP) is 1.64. The van der Waals surface area contributed by atoms with Crippen LogP contribution in [0.15, 0.2) is 0 Å². The number of hydrogen-bond acceptors (Lipinski definition) is 4. The molecular weight excluding hydrogens is 334 g/mol. The molecule has 1 aliphatic carbocycles. The second-order valence-corrected chi connectivity index (χ2v) is 8.14. The SMILES string of the molecule is CCC1CCC2(CC1)NC(=O)N(CC(=O)N1CCCC1(CC)CO)C2=O. The maximum Gasteiger partial charge on any atom is 0.325 e. The van der Waals surface area contributed by atoms with Gasteiger partial charge in [-0.1, -0.05) is 20.3 Å². The number of likely N-dealkylation sites (tertiary alicyclic amines) is 1. The molecule has 1 atom stereocenters. The fourth-order valence-electron chi connectivity index (χ4n) is 4.93. The van der Waals surface area contributed by atoms with E-state index in [-0.39, 0.29) is 25.0 Å². The van der Waals surface area contributed by atoms with Gasteiger partial charge < -0.3 is 15.3 Å². The van der Waals surface area contributed by atoms with Crippen molar-refractivity contribution in [3.8, 4) is 0 Å². The third-order valence-electron chi connectivity index (χ3n) is 6.93. The topological polar surface area (TPSA) is 90.0 Å². The highest BCUT2D eigenvalue weighted by Crippen LogP contribution is 2.38. The molecule has 4 amide bonds. The Morgan fingerprint density at radius 2 is 1.92 bits per heavy atom. The van der Waals surface area contributed by atoms with Crippen LogP contribution in [0.25, 0.3) is 0 Å². The zero-order chi connectivity index (χ0) is 18.9. The summed E-state index contributed by atoms with van der Waals surface area (Å²) in [6, 6.07) is -0.455. The second kappa shape index (κ2) is 7.18. The van der Waals surface area contributed by atoms with Crippen molar-refractivity contribution in [1.29, 1.82) is 0 Å². The first-order valence-corrected chi connectivity index (χ1v) is 9.97. The Labute approximate surface area is 155 Å². The first kappa shape index (κ1) is 19.1. The van der Waals surface area contributed by atoms with Crippen molar-refractivity contribution in [1.82, 2.24) is 15.1 Å². The third kappa shape index (κ3) is 3.00. The van der Waals surface area contributed by atoms with Crippen molar-refractivity contribution in [2.24, 2.45) is 5.92 Å². The first-order chi connectivity index (χ1) is 12.4. The molecule has 1 saturated carbocycles. The van der Waals surface area contributed by atoms with Crippen LogP contribution < -0.4 is 5.32 Å². The molecule has 3 fully saturated rings. The molecule has 2 heterocycles. The van der Waals surface area contributed by atoms with Crippen molar-refractivity contribution < 1.29 is 19.5 Å². The quantitative estimate of drug-likeness (QED) is 0.725. The van der Waals surface area contributed by atoms with Gasteiger partial charge in [0.15, 0.2) is 0 Å². The van der Waals surface area contributed by atoms with Gasteiger partial charge in [-0.05, 0) is 50.9 Å². The Morgan fingerprint density at radius 3 is 2.50 bits per heavy atom. The van der Waals surface area contributed by atoms with E-state index in [0.29, 0.717) is 31.7 Å². The lowest BCUT2D eigenvalue weighted by atomic mass is 9.75. The Balaban J connectivity index is 1.69. The Bertz CT molecular complexity index is 579. The molecule has 3 rings (SSSR count). The van der Waals surface area contributed by atoms with E-state index in [2.05, 4.69) is 12.2 Å². The van der Waals surface area contributed by atoms with Crippen molar-refractivity contribution >= 4 is 17.8 Å². The van der Waals surface area contributed by atoms with E-state index in [1.165, 1.54) is 0 Å². The number of amides is 4. The minimum atomic E-state index is -0.813. The zero-order valence-electron chi connectivity index (χ0n) is 15.9. The predicted molar refractivity (Wildman–Crippen MR) is 96.3 cm³/mol. The van der Waals surface area contributed by atoms with Crippen LogP contribution in [-0.2, 0) is 9.59 Å². The highest BCUT2D eigenvalue weighted by Gasteiger charge is 2.53. The van der Waals surface area contributed by atoms with Gasteiger partial charge in [-0.15, -0.1) is 0 Å². The molecule has 1 unspecified atom stereocenters. The van der Waals surface area contributed by atoms with Gasteiger partial charge in [0.05, 0.1) is 12.1 Å². The average Bonchev–Trinajstić information content (AvgIpc) is 3.18. The third-order valence-corrected chi connectivity index (χ3v) is 6.93. The average molecular weight is 365 g/mol. The van der Waals surface area contributed by atoms with E-state index in [1.807, 2.05) is 6.92 Å². The van der Waals surface area contributed by atoms with E-state index in [4.69, 9.17) is 0 Å². The number of carbonyl (C=O) groups excluding carboxylic acids is 3. The van der Waals surface area contributed by atoms with Gasteiger partial charge in [0.25, 0.3) is 5.91 Å². The number of aliphatic hydroxyl groups is 1. The fraction of sp³-hybridized carbons (Fsp3) is 0.842. The largest absolute Gasteiger partial charge is 0.394 e. The van der Waals surface area contributed by atoms with Crippen molar-refractivity contribution in [3.05, 3.63) is 0 Å². The number of imide groups is 1. The van der Waals surface area contributed by atoms with Crippen LogP contribution in [0.4, 0.5) is 4.79 Å². The lowest BCUT2D eigenvalue weighted by Crippen LogP contribution is -2.54. The summed E-state index contributed by atoms with van der Waals surface area (Å²) >= 11 is 0. The van der Waals surface area contributed by atoms with Gasteiger partial charge in [-0.3, -0.25) is 14.5 Å². The molecule has 3 aliphatic rings. The number of hydrogen-bond donors (Lipinski definition) is 2. The minimum absolute atomic E-state index is 0.0856. The van der Waals surface area contributed by atoms with E-state index in [9.17, 15) is 19.5 Å². The minimum Gasteiger partial charge on any atom is -0.394 e. The van der Waals surface area contributed by atoms with Crippen LogP contribution in [0.1, 0.15) is 65.2 Å². The standard InChI is InChI=1S/C19H31N3O4/c1-3-14-6-9-19(10-7-14)16(25)21(17(26)20-19)12-15(24)22-11-5-8-18(22,4-2)13-23/h14,23H,3-13H2,1-2H3,(H,20,26). The maximum absolute atomic E-state index is 13.0. The second-order valence-electron chi connectivity index (χ2n) is 8.14. The summed E-state index contributed by atoms with van der Waals surface area (Å²) < 4.78 is 0. The molecule has 2 aliphatic heterocycles. The summed E-state index contributed by atoms with van der Waals surface area (Å²) in [6.07, 6.45) is 6.52. The van der Waals surface area contributed by atoms with Crippen LogP contribution in [0.3, 0.4) is 0 Å². The number of urea groups is 1. The molecule has 7 heteroatoms. The number of rotatable bonds is 5. The molecule has 146 valence electrons. The summed E-state index contributed by atoms with van der Waals surface area (Å²) in [4.78, 5) is 41.0. The van der Waals surface area contributed by atoms with Crippen molar-refractivity contribution in [2.45, 2.75) is 76.3 Å². The summed E-state index contributed by atoms with van der Waals surface area (Å²) in [5.74, 6) is 0.109. The van der Waals surface area contributed by atoms with Crippen LogP contribution in [0.5, 0.6) is 0 Å². The highest BCUT2D eigenvalue weighted by molar-refractivity contribution is 6.09. The number of nitrogens with one attached hydrogen (secondary N) is 1. The van der Waals surface area contributed by atoms with Crippen molar-refractivity contribution in [3.63, 3.8) is 0 Å². The van der Waals surface area contributed by atoms with E-state index in [1.54, 1.807) is 4.90 Å². The Kier molecular flexibility index (Phi) is 5.28. The van der Waals surface area contributed by atoms with Gasteiger partial charge in [-0.25, -0.2) is 4.79 Å². The molecular formula is C19H31N3O4. The van der Waals surface area contributed by atoms with Gasteiger partial charge in [0.2, 0.25) is 5.91 Å². The number of carbonyl (C=O) groups is 3. The van der Waals surface area contributed by atoms with Crippen LogP contribution in [0, 0.1) is 5.92 Å². The first-order valence-electron chi connectivity index (χ1n) is 9.97. The normalized spacial score (nSPS) is 34.7. The van der Waals surface area contributed by atoms with E-state index < -0.39 is 17.1 Å². The van der Waals surface area contributed by atoms with Crippen molar-refractivity contribution in [2.75, 3.05) is 19.7 Å². The van der Waals surface area contributed by atoms with Gasteiger partial charge in [0.1, 0.15) is 12.1 Å². The molecule has 2 N–H and O–H groups in total. The molecule has 7 nitrogen and oxygen atoms in total. The molecule has 0 radical (unpaired) electrons. The lowest BCUT2D eigenvalue weighted by Gasteiger charge is -2.37. The summed E-state index contributed by atoms with van der Waals surface area (Å²) in [7, 11) is 0. The smallest absolute Gasteiger partial charge is 0.325 e. The number of aliphatic hydroxyl groups excluding tert-OH is 1. The molecule has 0 aromatic heterocycles. The van der Waals surface area contributed by atoms with Gasteiger partial charge >= 0.3 is 6.03 Å². The zero-order valence-corrected chi connectivity index (χ0v) is 15.9. The lowest BCUT2D eigenvalue weighted by molar-refractivity contribution is -0.143. The molecule has 2 saturated heterocycles. The molecule has 26 heavy (non-hydrogen) atoms. The molecule has 0 aromatic rings. The Morgan fingerprint density at radius 1 is 1.23 bits per heavy atom. The number of nitrogens with zero attached hydrogens (tertiary/aromatic N) is 2. The van der Waals surface area contributed by atoms with Crippen LogP contribution in [-0.4, -0.2) is 63.5 Å². The molecule has 1 spiro atoms. The Hall–Kier alpha value is -1.63. The van der Waals surface area contributed by atoms with Gasteiger partial charge in [-0.2, -0.15) is 0 Å². The van der Waals surface area contributed by atoms with Crippen LogP contribution >= 0.6 is 0 Å². The van der Waals surface area contributed by atoms with Crippen LogP contribution in [0.2, 0.25) is 0 Å².